The molecule has 6 nitrogen and oxygen atoms in total. The topological polar surface area (TPSA) is 69.9 Å². The second kappa shape index (κ2) is 12.3. The molecule has 0 N–H and O–H groups in total. The van der Waals surface area contributed by atoms with E-state index in [9.17, 15) is 0 Å². The molecule has 8 aromatic carbocycles. The van der Waals surface area contributed by atoms with Crippen LogP contribution < -0.4 is 0 Å². The van der Waals surface area contributed by atoms with Crippen LogP contribution in [0.2, 0.25) is 0 Å². The fourth-order valence-electron chi connectivity index (χ4n) is 8.30. The van der Waals surface area contributed by atoms with Crippen molar-refractivity contribution in [2.24, 2.45) is 0 Å². The van der Waals surface area contributed by atoms with E-state index in [1.54, 1.807) is 0 Å². The largest absolute Gasteiger partial charge is 0.456 e. The fraction of sp³-hybridized carbons (Fsp3) is 0. The first-order valence-electron chi connectivity index (χ1n) is 19.0. The Kier molecular flexibility index (Phi) is 6.83. The normalized spacial score (nSPS) is 11.9. The van der Waals surface area contributed by atoms with Gasteiger partial charge in [0, 0.05) is 54.7 Å². The summed E-state index contributed by atoms with van der Waals surface area (Å²) in [6, 6.07) is 62.8. The lowest BCUT2D eigenvalue weighted by Crippen LogP contribution is -2.00. The van der Waals surface area contributed by atoms with Gasteiger partial charge in [-0.25, -0.2) is 15.0 Å². The standard InChI is InChI=1S/C51H30N4O2/c1-3-11-31(12-4-1)32-19-21-33(22-20-32)49-52-50(34-24-26-46-41(27-34)38-16-8-10-18-45(38)56-46)54-51(53-49)35-23-25-39-42-29-44-40(30-48(42)57-47(39)28-35)37-15-7-9-17-43(37)55(44)36-13-5-2-6-14-36/h1-30H. The lowest BCUT2D eigenvalue weighted by Gasteiger charge is -2.09. The fourth-order valence-corrected chi connectivity index (χ4v) is 8.30. The number of aromatic nitrogens is 4. The zero-order valence-electron chi connectivity index (χ0n) is 30.4. The molecule has 0 radical (unpaired) electrons. The van der Waals surface area contributed by atoms with E-state index < -0.39 is 0 Å². The monoisotopic (exact) mass is 730 g/mol. The van der Waals surface area contributed by atoms with Crippen LogP contribution >= 0.6 is 0 Å². The SMILES string of the molecule is c1ccc(-c2ccc(-c3nc(-c4ccc5c(c4)oc4cc6c7ccccc7n(-c7ccccc7)c6cc45)nc(-c4ccc5oc6ccccc6c5c4)n3)cc2)cc1. The van der Waals surface area contributed by atoms with Gasteiger partial charge < -0.3 is 13.4 Å². The lowest BCUT2D eigenvalue weighted by atomic mass is 10.0. The molecule has 4 heterocycles. The van der Waals surface area contributed by atoms with E-state index in [2.05, 4.69) is 150 Å². The third-order valence-electron chi connectivity index (χ3n) is 11.1. The highest BCUT2D eigenvalue weighted by molar-refractivity contribution is 6.17. The van der Waals surface area contributed by atoms with Crippen LogP contribution in [0.5, 0.6) is 0 Å². The summed E-state index contributed by atoms with van der Waals surface area (Å²) in [5, 5.41) is 6.49. The van der Waals surface area contributed by atoms with Crippen molar-refractivity contribution in [3.05, 3.63) is 182 Å². The number of benzene rings is 8. The summed E-state index contributed by atoms with van der Waals surface area (Å²) in [4.78, 5) is 15.3. The molecule has 0 fully saturated rings. The minimum Gasteiger partial charge on any atom is -0.456 e. The summed E-state index contributed by atoms with van der Waals surface area (Å²) >= 11 is 0. The molecule has 0 spiro atoms. The van der Waals surface area contributed by atoms with E-state index in [4.69, 9.17) is 23.8 Å². The molecule has 12 aromatic rings. The predicted molar refractivity (Wildman–Crippen MR) is 230 cm³/mol. The number of nitrogens with zero attached hydrogens (tertiary/aromatic N) is 4. The first-order chi connectivity index (χ1) is 28.2. The average molecular weight is 731 g/mol. The van der Waals surface area contributed by atoms with Crippen LogP contribution in [0.3, 0.4) is 0 Å². The lowest BCUT2D eigenvalue weighted by molar-refractivity contribution is 0.668. The van der Waals surface area contributed by atoms with E-state index in [0.29, 0.717) is 17.5 Å². The minimum absolute atomic E-state index is 0.563. The van der Waals surface area contributed by atoms with Crippen molar-refractivity contribution in [1.82, 2.24) is 19.5 Å². The van der Waals surface area contributed by atoms with Crippen LogP contribution in [0.25, 0.3) is 117 Å². The van der Waals surface area contributed by atoms with Crippen molar-refractivity contribution in [1.29, 1.82) is 0 Å². The van der Waals surface area contributed by atoms with Gasteiger partial charge in [0.1, 0.15) is 22.3 Å². The highest BCUT2D eigenvalue weighted by atomic mass is 16.3. The molecule has 0 atom stereocenters. The molecular formula is C51H30N4O2. The molecule has 0 bridgehead atoms. The maximum absolute atomic E-state index is 6.66. The number of para-hydroxylation sites is 3. The Morgan fingerprint density at radius 1 is 0.298 bits per heavy atom. The van der Waals surface area contributed by atoms with Gasteiger partial charge in [-0.1, -0.05) is 115 Å². The Hall–Kier alpha value is -7.83. The maximum Gasteiger partial charge on any atom is 0.164 e. The van der Waals surface area contributed by atoms with Crippen molar-refractivity contribution in [2.75, 3.05) is 0 Å². The molecule has 57 heavy (non-hydrogen) atoms. The summed E-state index contributed by atoms with van der Waals surface area (Å²) in [5.41, 5.74) is 11.6. The van der Waals surface area contributed by atoms with E-state index in [0.717, 1.165) is 93.8 Å². The number of hydrogen-bond donors (Lipinski definition) is 0. The Morgan fingerprint density at radius 2 is 0.825 bits per heavy atom. The zero-order valence-corrected chi connectivity index (χ0v) is 30.4. The quantitative estimate of drug-likeness (QED) is 0.176. The van der Waals surface area contributed by atoms with Crippen molar-refractivity contribution < 1.29 is 8.83 Å². The van der Waals surface area contributed by atoms with Crippen molar-refractivity contribution in [3.8, 4) is 51.0 Å². The summed E-state index contributed by atoms with van der Waals surface area (Å²) in [6.07, 6.45) is 0. The highest BCUT2D eigenvalue weighted by Gasteiger charge is 2.19. The second-order valence-electron chi connectivity index (χ2n) is 14.4. The number of hydrogen-bond acceptors (Lipinski definition) is 5. The van der Waals surface area contributed by atoms with E-state index >= 15 is 0 Å². The van der Waals surface area contributed by atoms with Gasteiger partial charge in [0.2, 0.25) is 0 Å². The van der Waals surface area contributed by atoms with Gasteiger partial charge in [0.15, 0.2) is 17.5 Å². The number of fused-ring (bicyclic) bond motifs is 9. The molecule has 6 heteroatoms. The Bertz CT molecular complexity index is 3510. The van der Waals surface area contributed by atoms with E-state index in [1.165, 1.54) is 5.39 Å². The Labute approximate surface area is 325 Å². The minimum atomic E-state index is 0.563. The molecule has 266 valence electrons. The smallest absolute Gasteiger partial charge is 0.164 e. The van der Waals surface area contributed by atoms with Crippen LogP contribution in [0.4, 0.5) is 0 Å². The van der Waals surface area contributed by atoms with Crippen molar-refractivity contribution >= 4 is 65.7 Å². The molecule has 0 aliphatic heterocycles. The van der Waals surface area contributed by atoms with Crippen LogP contribution in [0.15, 0.2) is 191 Å². The van der Waals surface area contributed by atoms with Gasteiger partial charge in [0.25, 0.3) is 0 Å². The summed E-state index contributed by atoms with van der Waals surface area (Å²) in [6.45, 7) is 0. The van der Waals surface area contributed by atoms with Crippen LogP contribution in [-0.4, -0.2) is 19.5 Å². The van der Waals surface area contributed by atoms with Gasteiger partial charge in [-0.2, -0.15) is 0 Å². The van der Waals surface area contributed by atoms with Crippen molar-refractivity contribution in [3.63, 3.8) is 0 Å². The predicted octanol–water partition coefficient (Wildman–Crippen LogP) is 13.4. The van der Waals surface area contributed by atoms with Gasteiger partial charge >= 0.3 is 0 Å². The summed E-state index contributed by atoms with van der Waals surface area (Å²) in [5.74, 6) is 1.73. The molecule has 0 amide bonds. The molecule has 4 aromatic heterocycles. The molecule has 0 saturated heterocycles. The third kappa shape index (κ3) is 5.08. The highest BCUT2D eigenvalue weighted by Crippen LogP contribution is 2.40. The van der Waals surface area contributed by atoms with Crippen molar-refractivity contribution in [2.45, 2.75) is 0 Å². The Balaban J connectivity index is 1.02. The average Bonchev–Trinajstić information content (AvgIpc) is 3.94. The maximum atomic E-state index is 6.66. The Morgan fingerprint density at radius 3 is 1.63 bits per heavy atom. The summed E-state index contributed by atoms with van der Waals surface area (Å²) in [7, 11) is 0. The van der Waals surface area contributed by atoms with Gasteiger partial charge in [0.05, 0.1) is 11.0 Å². The van der Waals surface area contributed by atoms with Gasteiger partial charge in [-0.15, -0.1) is 0 Å². The van der Waals surface area contributed by atoms with Gasteiger partial charge in [-0.05, 0) is 77.9 Å². The first-order valence-corrected chi connectivity index (χ1v) is 19.0. The third-order valence-corrected chi connectivity index (χ3v) is 11.1. The molecular weight excluding hydrogens is 701 g/mol. The van der Waals surface area contributed by atoms with Crippen LogP contribution in [0.1, 0.15) is 0 Å². The zero-order chi connectivity index (χ0) is 37.5. The first kappa shape index (κ1) is 31.5. The van der Waals surface area contributed by atoms with Crippen LogP contribution in [0, 0.1) is 0 Å². The second-order valence-corrected chi connectivity index (χ2v) is 14.4. The molecule has 0 saturated carbocycles. The summed E-state index contributed by atoms with van der Waals surface area (Å²) < 4.78 is 15.1. The van der Waals surface area contributed by atoms with E-state index in [-0.39, 0.29) is 0 Å². The molecule has 0 aliphatic rings. The number of rotatable bonds is 5. The molecule has 0 unspecified atom stereocenters. The molecule has 0 aliphatic carbocycles. The van der Waals surface area contributed by atoms with Gasteiger partial charge in [-0.3, -0.25) is 0 Å². The number of furan rings is 2. The van der Waals surface area contributed by atoms with Crippen LogP contribution in [-0.2, 0) is 0 Å². The van der Waals surface area contributed by atoms with E-state index in [1.807, 2.05) is 36.4 Å². The molecule has 12 rings (SSSR count).